The van der Waals surface area contributed by atoms with E-state index in [1.807, 2.05) is 0 Å². The molecule has 3 rings (SSSR count). The third-order valence-electron chi connectivity index (χ3n) is 3.29. The van der Waals surface area contributed by atoms with Crippen molar-refractivity contribution in [3.05, 3.63) is 59.4 Å². The number of hydroxylamine groups is 2. The molecule has 2 amide bonds. The molecule has 9 heteroatoms. The van der Waals surface area contributed by atoms with Gasteiger partial charge in [0.2, 0.25) is 0 Å². The minimum atomic E-state index is -3.74. The van der Waals surface area contributed by atoms with E-state index in [-0.39, 0.29) is 16.0 Å². The van der Waals surface area contributed by atoms with Crippen LogP contribution in [0.1, 0.15) is 31.2 Å². The fourth-order valence-electron chi connectivity index (χ4n) is 2.22. The van der Waals surface area contributed by atoms with Crippen LogP contribution in [-0.4, -0.2) is 42.5 Å². The summed E-state index contributed by atoms with van der Waals surface area (Å²) >= 11 is 0. The first-order chi connectivity index (χ1) is 11.3. The van der Waals surface area contributed by atoms with E-state index in [1.165, 1.54) is 30.5 Å². The third kappa shape index (κ3) is 2.54. The van der Waals surface area contributed by atoms with Crippen molar-refractivity contribution in [2.45, 2.75) is 4.90 Å². The minimum Gasteiger partial charge on any atom is -0.322 e. The first kappa shape index (κ1) is 15.8. The molecule has 0 spiro atoms. The van der Waals surface area contributed by atoms with Crippen LogP contribution in [0.4, 0.5) is 0 Å². The van der Waals surface area contributed by atoms with Crippen LogP contribution in [0, 0.1) is 0 Å². The van der Waals surface area contributed by atoms with Crippen LogP contribution < -0.4 is 0 Å². The number of sulfone groups is 1. The molecular formula is C15H10N2O6S. The second-order valence-corrected chi connectivity index (χ2v) is 6.94. The molecule has 8 nitrogen and oxygen atoms in total. The minimum absolute atomic E-state index is 0.0969. The Bertz CT molecular complexity index is 948. The van der Waals surface area contributed by atoms with Gasteiger partial charge in [-0.15, -0.1) is 0 Å². The van der Waals surface area contributed by atoms with Gasteiger partial charge in [-0.3, -0.25) is 9.59 Å². The summed E-state index contributed by atoms with van der Waals surface area (Å²) < 4.78 is 23.4. The quantitative estimate of drug-likeness (QED) is 0.758. The van der Waals surface area contributed by atoms with Crippen molar-refractivity contribution in [2.75, 3.05) is 6.26 Å². The Labute approximate surface area is 136 Å². The first-order valence-electron chi connectivity index (χ1n) is 6.66. The van der Waals surface area contributed by atoms with Crippen molar-refractivity contribution in [1.82, 2.24) is 10.0 Å². The van der Waals surface area contributed by atoms with E-state index < -0.39 is 33.3 Å². The molecule has 0 atom stereocenters. The van der Waals surface area contributed by atoms with Crippen molar-refractivity contribution >= 4 is 27.6 Å². The molecule has 0 fully saturated rings. The molecule has 2 heterocycles. The lowest BCUT2D eigenvalue weighted by molar-refractivity contribution is -0.0591. The van der Waals surface area contributed by atoms with Crippen molar-refractivity contribution in [3.63, 3.8) is 0 Å². The molecule has 0 bridgehead atoms. The summed E-state index contributed by atoms with van der Waals surface area (Å²) in [6, 6.07) is 8.50. The van der Waals surface area contributed by atoms with Crippen molar-refractivity contribution in [2.24, 2.45) is 0 Å². The normalized spacial score (nSPS) is 13.8. The number of fused-ring (bicyclic) bond motifs is 1. The van der Waals surface area contributed by atoms with Gasteiger partial charge in [0.1, 0.15) is 0 Å². The van der Waals surface area contributed by atoms with Crippen LogP contribution in [0.15, 0.2) is 47.5 Å². The van der Waals surface area contributed by atoms with Gasteiger partial charge in [0, 0.05) is 12.5 Å². The maximum Gasteiger partial charge on any atom is 0.383 e. The van der Waals surface area contributed by atoms with Crippen LogP contribution in [0.5, 0.6) is 0 Å². The number of imide groups is 1. The highest BCUT2D eigenvalue weighted by molar-refractivity contribution is 7.90. The van der Waals surface area contributed by atoms with Gasteiger partial charge in [0.05, 0.1) is 16.0 Å². The van der Waals surface area contributed by atoms with Crippen molar-refractivity contribution in [1.29, 1.82) is 0 Å². The molecular weight excluding hydrogens is 336 g/mol. The number of carbonyl (C=O) groups is 3. The van der Waals surface area contributed by atoms with Crippen LogP contribution in [0.2, 0.25) is 0 Å². The summed E-state index contributed by atoms with van der Waals surface area (Å²) in [6.45, 7) is 0. The number of amides is 2. The maximum absolute atomic E-state index is 12.2. The monoisotopic (exact) mass is 346 g/mol. The highest BCUT2D eigenvalue weighted by Gasteiger charge is 2.39. The summed E-state index contributed by atoms with van der Waals surface area (Å²) in [5.41, 5.74) is -0.309. The largest absolute Gasteiger partial charge is 0.383 e. The number of aromatic nitrogens is 1. The Morgan fingerprint density at radius 3 is 2.17 bits per heavy atom. The van der Waals surface area contributed by atoms with Crippen LogP contribution in [0.3, 0.4) is 0 Å². The average Bonchev–Trinajstić information content (AvgIpc) is 2.79. The van der Waals surface area contributed by atoms with E-state index >= 15 is 0 Å². The molecule has 0 unspecified atom stereocenters. The van der Waals surface area contributed by atoms with Gasteiger partial charge in [-0.1, -0.05) is 17.2 Å². The van der Waals surface area contributed by atoms with Gasteiger partial charge in [-0.25, -0.2) is 18.2 Å². The van der Waals surface area contributed by atoms with Crippen LogP contribution >= 0.6 is 0 Å². The van der Waals surface area contributed by atoms with Crippen molar-refractivity contribution in [3.8, 4) is 0 Å². The molecule has 122 valence electrons. The van der Waals surface area contributed by atoms with Gasteiger partial charge in [0.25, 0.3) is 11.8 Å². The van der Waals surface area contributed by atoms with Gasteiger partial charge in [-0.2, -0.15) is 0 Å². The lowest BCUT2D eigenvalue weighted by atomic mass is 10.1. The molecule has 1 aromatic carbocycles. The van der Waals surface area contributed by atoms with Gasteiger partial charge >= 0.3 is 5.97 Å². The molecule has 0 saturated carbocycles. The van der Waals surface area contributed by atoms with Gasteiger partial charge in [-0.05, 0) is 24.3 Å². The summed E-state index contributed by atoms with van der Waals surface area (Å²) in [7, 11) is -3.74. The van der Waals surface area contributed by atoms with Gasteiger partial charge < -0.3 is 4.84 Å². The van der Waals surface area contributed by atoms with Crippen molar-refractivity contribution < 1.29 is 27.6 Å². The average molecular weight is 346 g/mol. The molecule has 1 aliphatic rings. The zero-order chi connectivity index (χ0) is 17.5. The Hall–Kier alpha value is -3.07. The van der Waals surface area contributed by atoms with Crippen LogP contribution in [0.25, 0.3) is 0 Å². The number of pyridine rings is 1. The molecule has 24 heavy (non-hydrogen) atoms. The predicted octanol–water partition coefficient (Wildman–Crippen LogP) is 0.853. The molecule has 2 aromatic rings. The Morgan fingerprint density at radius 2 is 1.62 bits per heavy atom. The molecule has 1 aliphatic heterocycles. The number of nitrogens with zero attached hydrogens (tertiary/aromatic N) is 2. The summed E-state index contributed by atoms with van der Waals surface area (Å²) in [6.07, 6.45) is 2.11. The topological polar surface area (TPSA) is 111 Å². The maximum atomic E-state index is 12.2. The van der Waals surface area contributed by atoms with E-state index in [2.05, 4.69) is 4.98 Å². The second-order valence-electron chi connectivity index (χ2n) is 4.95. The number of rotatable bonds is 3. The lowest BCUT2D eigenvalue weighted by Crippen LogP contribution is -2.33. The predicted molar refractivity (Wildman–Crippen MR) is 79.7 cm³/mol. The fraction of sp³-hybridized carbons (Fsp3) is 0.0667. The SMILES string of the molecule is CS(=O)(=O)c1cccnc1C(=O)ON1C(=O)c2ccccc2C1=O. The number of benzene rings is 1. The van der Waals surface area contributed by atoms with E-state index in [4.69, 9.17) is 4.84 Å². The van der Waals surface area contributed by atoms with E-state index in [0.717, 1.165) is 6.26 Å². The standard InChI is InChI=1S/C15H10N2O6S/c1-24(21,22)11-7-4-8-16-12(11)15(20)23-17-13(18)9-5-2-3-6-10(9)14(17)19/h2-8H,1H3. The molecule has 0 radical (unpaired) electrons. The lowest BCUT2D eigenvalue weighted by Gasteiger charge is -2.13. The van der Waals surface area contributed by atoms with E-state index in [1.54, 1.807) is 12.1 Å². The summed E-state index contributed by atoms with van der Waals surface area (Å²) in [5.74, 6) is -2.83. The molecule has 0 saturated heterocycles. The van der Waals surface area contributed by atoms with Crippen LogP contribution in [-0.2, 0) is 14.7 Å². The van der Waals surface area contributed by atoms with E-state index in [9.17, 15) is 22.8 Å². The fourth-order valence-corrected chi connectivity index (χ4v) is 3.03. The number of carbonyl (C=O) groups excluding carboxylic acids is 3. The smallest absolute Gasteiger partial charge is 0.322 e. The highest BCUT2D eigenvalue weighted by atomic mass is 32.2. The number of hydrogen-bond donors (Lipinski definition) is 0. The summed E-state index contributed by atoms with van der Waals surface area (Å²) in [4.78, 5) is 44.6. The summed E-state index contributed by atoms with van der Waals surface area (Å²) in [5, 5.41) is 0.299. The molecule has 1 aromatic heterocycles. The number of hydrogen-bond acceptors (Lipinski definition) is 7. The zero-order valence-electron chi connectivity index (χ0n) is 12.3. The first-order valence-corrected chi connectivity index (χ1v) is 8.55. The van der Waals surface area contributed by atoms with E-state index in [0.29, 0.717) is 5.06 Å². The highest BCUT2D eigenvalue weighted by Crippen LogP contribution is 2.24. The molecule has 0 aliphatic carbocycles. The Balaban J connectivity index is 1.93. The zero-order valence-corrected chi connectivity index (χ0v) is 13.1. The molecule has 0 N–H and O–H groups in total. The second kappa shape index (κ2) is 5.53. The Kier molecular flexibility index (Phi) is 3.64. The third-order valence-corrected chi connectivity index (χ3v) is 4.42. The van der Waals surface area contributed by atoms with Gasteiger partial charge in [0.15, 0.2) is 15.5 Å². The Morgan fingerprint density at radius 1 is 1.04 bits per heavy atom.